The van der Waals surface area contributed by atoms with Gasteiger partial charge >= 0.3 is 0 Å². The molecular weight excluding hydrogens is 240 g/mol. The van der Waals surface area contributed by atoms with Crippen molar-refractivity contribution < 1.29 is 8.42 Å². The maximum absolute atomic E-state index is 11.2. The molecule has 0 amide bonds. The van der Waals surface area contributed by atoms with Crippen LogP contribution in [-0.2, 0) is 22.3 Å². The van der Waals surface area contributed by atoms with E-state index in [4.69, 9.17) is 11.6 Å². The summed E-state index contributed by atoms with van der Waals surface area (Å²) in [6, 6.07) is 0. The van der Waals surface area contributed by atoms with Gasteiger partial charge in [-0.2, -0.15) is 0 Å². The first-order valence-corrected chi connectivity index (χ1v) is 6.98. The topological polar surface area (TPSA) is 77.7 Å². The summed E-state index contributed by atoms with van der Waals surface area (Å²) in [4.78, 5) is 0. The molecule has 2 rings (SSSR count). The normalized spacial score (nSPS) is 24.5. The highest BCUT2D eigenvalue weighted by Gasteiger charge is 2.28. The quantitative estimate of drug-likeness (QED) is 0.697. The predicted octanol–water partition coefficient (Wildman–Crippen LogP) is -0.153. The highest BCUT2D eigenvalue weighted by molar-refractivity contribution is 7.91. The highest BCUT2D eigenvalue weighted by Crippen LogP contribution is 2.20. The Bertz CT molecular complexity index is 444. The SMILES string of the molecule is O=S1(=O)CCC(Cn2nnnc2CCl)C1. The first-order chi connectivity index (χ1) is 7.11. The van der Waals surface area contributed by atoms with Crippen LogP contribution >= 0.6 is 11.6 Å². The molecule has 0 aromatic carbocycles. The van der Waals surface area contributed by atoms with Gasteiger partial charge in [0.25, 0.3) is 0 Å². The number of aromatic nitrogens is 4. The lowest BCUT2D eigenvalue weighted by atomic mass is 10.1. The van der Waals surface area contributed by atoms with E-state index in [9.17, 15) is 8.42 Å². The van der Waals surface area contributed by atoms with Crippen molar-refractivity contribution in [2.75, 3.05) is 11.5 Å². The molecule has 0 spiro atoms. The summed E-state index contributed by atoms with van der Waals surface area (Å²) in [6.45, 7) is 0.536. The van der Waals surface area contributed by atoms with E-state index in [2.05, 4.69) is 15.5 Å². The zero-order valence-electron chi connectivity index (χ0n) is 8.00. The molecule has 1 aliphatic heterocycles. The van der Waals surface area contributed by atoms with E-state index >= 15 is 0 Å². The Kier molecular flexibility index (Phi) is 2.92. The predicted molar refractivity (Wildman–Crippen MR) is 54.1 cm³/mol. The fraction of sp³-hybridized carbons (Fsp3) is 0.857. The van der Waals surface area contributed by atoms with Gasteiger partial charge in [-0.25, -0.2) is 13.1 Å². The molecule has 84 valence electrons. The minimum atomic E-state index is -2.83. The Hall–Kier alpha value is -0.690. The number of tetrazole rings is 1. The van der Waals surface area contributed by atoms with Gasteiger partial charge in [0.2, 0.25) is 0 Å². The fourth-order valence-corrected chi connectivity index (χ4v) is 3.76. The van der Waals surface area contributed by atoms with Gasteiger partial charge in [-0.1, -0.05) is 0 Å². The molecule has 15 heavy (non-hydrogen) atoms. The molecule has 0 bridgehead atoms. The standard InChI is InChI=1S/C7H11ClN4O2S/c8-3-7-9-10-11-12(7)4-6-1-2-15(13,14)5-6/h6H,1-5H2. The van der Waals surface area contributed by atoms with Crippen LogP contribution in [0.25, 0.3) is 0 Å². The van der Waals surface area contributed by atoms with E-state index in [0.717, 1.165) is 0 Å². The number of nitrogens with zero attached hydrogens (tertiary/aromatic N) is 4. The first-order valence-electron chi connectivity index (χ1n) is 4.62. The minimum absolute atomic E-state index is 0.112. The largest absolute Gasteiger partial charge is 0.229 e. The molecule has 1 atom stereocenters. The Morgan fingerprint density at radius 2 is 2.33 bits per heavy atom. The zero-order valence-corrected chi connectivity index (χ0v) is 9.58. The number of sulfone groups is 1. The molecule has 1 saturated heterocycles. The van der Waals surface area contributed by atoms with E-state index in [-0.39, 0.29) is 23.3 Å². The van der Waals surface area contributed by atoms with Crippen molar-refractivity contribution in [1.82, 2.24) is 20.2 Å². The van der Waals surface area contributed by atoms with Crippen molar-refractivity contribution in [2.24, 2.45) is 5.92 Å². The van der Waals surface area contributed by atoms with Gasteiger partial charge in [0, 0.05) is 6.54 Å². The lowest BCUT2D eigenvalue weighted by molar-refractivity contribution is 0.440. The van der Waals surface area contributed by atoms with Crippen LogP contribution in [0.2, 0.25) is 0 Å². The minimum Gasteiger partial charge on any atom is -0.229 e. The molecule has 6 nitrogen and oxygen atoms in total. The van der Waals surface area contributed by atoms with Gasteiger partial charge in [0.05, 0.1) is 17.4 Å². The zero-order chi connectivity index (χ0) is 10.9. The van der Waals surface area contributed by atoms with Crippen LogP contribution in [0.5, 0.6) is 0 Å². The fourth-order valence-electron chi connectivity index (χ4n) is 1.72. The van der Waals surface area contributed by atoms with E-state index in [0.29, 0.717) is 18.8 Å². The third-order valence-electron chi connectivity index (χ3n) is 2.48. The van der Waals surface area contributed by atoms with E-state index < -0.39 is 9.84 Å². The van der Waals surface area contributed by atoms with Crippen molar-refractivity contribution in [3.05, 3.63) is 5.82 Å². The van der Waals surface area contributed by atoms with Crippen LogP contribution in [0.4, 0.5) is 0 Å². The average molecular weight is 251 g/mol. The van der Waals surface area contributed by atoms with Gasteiger partial charge < -0.3 is 0 Å². The van der Waals surface area contributed by atoms with Gasteiger partial charge in [-0.3, -0.25) is 0 Å². The first kappa shape index (κ1) is 10.8. The van der Waals surface area contributed by atoms with Crippen molar-refractivity contribution >= 4 is 21.4 Å². The van der Waals surface area contributed by atoms with Crippen molar-refractivity contribution in [3.8, 4) is 0 Å². The molecule has 1 fully saturated rings. The van der Waals surface area contributed by atoms with Gasteiger partial charge in [0.15, 0.2) is 15.7 Å². The molecule has 0 radical (unpaired) electrons. The lowest BCUT2D eigenvalue weighted by Crippen LogP contribution is -2.15. The van der Waals surface area contributed by atoms with Gasteiger partial charge in [0.1, 0.15) is 0 Å². The summed E-state index contributed by atoms with van der Waals surface area (Å²) < 4.78 is 24.1. The Labute approximate surface area is 92.5 Å². The van der Waals surface area contributed by atoms with Crippen LogP contribution in [0, 0.1) is 5.92 Å². The van der Waals surface area contributed by atoms with Gasteiger partial charge in [-0.05, 0) is 22.8 Å². The molecule has 2 heterocycles. The van der Waals surface area contributed by atoms with Crippen LogP contribution < -0.4 is 0 Å². The van der Waals surface area contributed by atoms with Crippen molar-refractivity contribution in [2.45, 2.75) is 18.8 Å². The maximum atomic E-state index is 11.2. The van der Waals surface area contributed by atoms with Crippen LogP contribution in [0.1, 0.15) is 12.2 Å². The second-order valence-electron chi connectivity index (χ2n) is 3.68. The van der Waals surface area contributed by atoms with E-state index in [1.165, 1.54) is 0 Å². The Balaban J connectivity index is 2.04. The van der Waals surface area contributed by atoms with E-state index in [1.807, 2.05) is 0 Å². The molecule has 0 saturated carbocycles. The maximum Gasteiger partial charge on any atom is 0.166 e. The molecule has 1 aromatic heterocycles. The number of hydrogen-bond donors (Lipinski definition) is 0. The Morgan fingerprint density at radius 1 is 1.53 bits per heavy atom. The smallest absolute Gasteiger partial charge is 0.166 e. The molecule has 1 unspecified atom stereocenters. The molecule has 1 aliphatic rings. The Morgan fingerprint density at radius 3 is 2.93 bits per heavy atom. The van der Waals surface area contributed by atoms with Gasteiger partial charge in [-0.15, -0.1) is 16.7 Å². The number of alkyl halides is 1. The third-order valence-corrected chi connectivity index (χ3v) is 4.56. The van der Waals surface area contributed by atoms with E-state index in [1.54, 1.807) is 4.68 Å². The van der Waals surface area contributed by atoms with Crippen molar-refractivity contribution in [3.63, 3.8) is 0 Å². The summed E-state index contributed by atoms with van der Waals surface area (Å²) >= 11 is 5.63. The van der Waals surface area contributed by atoms with Crippen LogP contribution in [0.3, 0.4) is 0 Å². The van der Waals surface area contributed by atoms with Crippen LogP contribution in [-0.4, -0.2) is 40.1 Å². The number of hydrogen-bond acceptors (Lipinski definition) is 5. The average Bonchev–Trinajstić information content (AvgIpc) is 2.73. The molecule has 8 heteroatoms. The number of rotatable bonds is 3. The summed E-state index contributed by atoms with van der Waals surface area (Å²) in [5, 5.41) is 11.0. The summed E-state index contributed by atoms with van der Waals surface area (Å²) in [5.74, 6) is 1.44. The molecule has 0 aliphatic carbocycles. The summed E-state index contributed by atoms with van der Waals surface area (Å²) in [7, 11) is -2.83. The molecule has 0 N–H and O–H groups in total. The number of halogens is 1. The molecular formula is C7H11ClN4O2S. The third kappa shape index (κ3) is 2.46. The van der Waals surface area contributed by atoms with Crippen molar-refractivity contribution in [1.29, 1.82) is 0 Å². The van der Waals surface area contributed by atoms with Crippen LogP contribution in [0.15, 0.2) is 0 Å². The molecule has 1 aromatic rings. The monoisotopic (exact) mass is 250 g/mol. The second kappa shape index (κ2) is 4.05. The summed E-state index contributed by atoms with van der Waals surface area (Å²) in [6.07, 6.45) is 0.684. The lowest BCUT2D eigenvalue weighted by Gasteiger charge is -2.07. The highest BCUT2D eigenvalue weighted by atomic mass is 35.5. The second-order valence-corrected chi connectivity index (χ2v) is 6.18. The summed E-state index contributed by atoms with van der Waals surface area (Å²) in [5.41, 5.74) is 0.